The van der Waals surface area contributed by atoms with Gasteiger partial charge in [0.25, 0.3) is 0 Å². The minimum atomic E-state index is -1.67. The molecule has 0 saturated carbocycles. The van der Waals surface area contributed by atoms with Crippen LogP contribution in [0.1, 0.15) is 18.4 Å². The highest BCUT2D eigenvalue weighted by Crippen LogP contribution is 2.20. The lowest BCUT2D eigenvalue weighted by atomic mass is 10.1. The van der Waals surface area contributed by atoms with Crippen molar-refractivity contribution in [3.8, 4) is 18.1 Å². The topological polar surface area (TPSA) is 55.8 Å². The molecular weight excluding hydrogens is 296 g/mol. The zero-order chi connectivity index (χ0) is 16.6. The van der Waals surface area contributed by atoms with E-state index in [2.05, 4.69) is 25.6 Å². The van der Waals surface area contributed by atoms with Crippen LogP contribution in [0.25, 0.3) is 0 Å². The van der Waals surface area contributed by atoms with E-state index in [1.54, 1.807) is 0 Å². The fourth-order valence-corrected chi connectivity index (χ4v) is 3.01. The van der Waals surface area contributed by atoms with Crippen molar-refractivity contribution in [2.24, 2.45) is 0 Å². The fraction of sp³-hybridized carbons (Fsp3) is 0.471. The van der Waals surface area contributed by atoms with Crippen LogP contribution in [-0.4, -0.2) is 32.1 Å². The maximum Gasteiger partial charge on any atom is 0.303 e. The van der Waals surface area contributed by atoms with E-state index in [0.29, 0.717) is 25.2 Å². The van der Waals surface area contributed by atoms with Gasteiger partial charge in [0.2, 0.25) is 0 Å². The lowest BCUT2D eigenvalue weighted by molar-refractivity contribution is -0.136. The molecule has 0 saturated heterocycles. The van der Waals surface area contributed by atoms with Gasteiger partial charge in [0.05, 0.1) is 6.61 Å². The molecule has 0 spiro atoms. The van der Waals surface area contributed by atoms with Gasteiger partial charge in [-0.15, -0.1) is 6.42 Å². The Bertz CT molecular complexity index is 528. The summed E-state index contributed by atoms with van der Waals surface area (Å²) in [7, 11) is -1.67. The number of aliphatic carboxylic acids is 1. The molecule has 0 radical (unpaired) electrons. The minimum absolute atomic E-state index is 0.0894. The van der Waals surface area contributed by atoms with Gasteiger partial charge >= 0.3 is 5.97 Å². The van der Waals surface area contributed by atoms with E-state index in [9.17, 15) is 4.79 Å². The number of para-hydroxylation sites is 1. The predicted octanol–water partition coefficient (Wildman–Crippen LogP) is 3.33. The standard InChI is InChI=1S/C17H24O4Si/c1-5-15(21-22(2,3)4)12-13-20-16-9-7-6-8-14(16)10-11-17(18)19/h1,6-9,15H,10-13H2,2-4H3,(H,18,19)/t15-/m0/s1. The molecule has 120 valence electrons. The van der Waals surface area contributed by atoms with Gasteiger partial charge in [-0.3, -0.25) is 4.79 Å². The predicted molar refractivity (Wildman–Crippen MR) is 89.6 cm³/mol. The van der Waals surface area contributed by atoms with Crippen LogP contribution in [0.4, 0.5) is 0 Å². The molecule has 0 aliphatic rings. The molecule has 1 aromatic carbocycles. The third kappa shape index (κ3) is 7.30. The van der Waals surface area contributed by atoms with Crippen molar-refractivity contribution in [3.63, 3.8) is 0 Å². The Kier molecular flexibility index (Phi) is 7.16. The maximum atomic E-state index is 10.7. The third-order valence-corrected chi connectivity index (χ3v) is 3.89. The van der Waals surface area contributed by atoms with Crippen molar-refractivity contribution < 1.29 is 19.1 Å². The average Bonchev–Trinajstić information content (AvgIpc) is 2.43. The second kappa shape index (κ2) is 8.62. The largest absolute Gasteiger partial charge is 0.493 e. The molecule has 5 heteroatoms. The van der Waals surface area contributed by atoms with E-state index >= 15 is 0 Å². The molecule has 0 fully saturated rings. The van der Waals surface area contributed by atoms with E-state index in [-0.39, 0.29) is 12.5 Å². The number of aryl methyl sites for hydroxylation is 1. The number of hydrogen-bond donors (Lipinski definition) is 1. The molecule has 0 heterocycles. The van der Waals surface area contributed by atoms with Crippen LogP contribution in [0.15, 0.2) is 24.3 Å². The van der Waals surface area contributed by atoms with E-state index in [1.807, 2.05) is 24.3 Å². The molecule has 0 unspecified atom stereocenters. The first kappa shape index (κ1) is 18.3. The molecule has 0 aliphatic heterocycles. The molecule has 22 heavy (non-hydrogen) atoms. The van der Waals surface area contributed by atoms with Crippen molar-refractivity contribution in [1.29, 1.82) is 0 Å². The summed E-state index contributed by atoms with van der Waals surface area (Å²) in [6.45, 7) is 6.74. The third-order valence-electron chi connectivity index (χ3n) is 2.90. The molecule has 1 aromatic rings. The number of benzene rings is 1. The van der Waals surface area contributed by atoms with Crippen LogP contribution in [0, 0.1) is 12.3 Å². The highest BCUT2D eigenvalue weighted by molar-refractivity contribution is 6.69. The number of terminal acetylenes is 1. The minimum Gasteiger partial charge on any atom is -0.493 e. The Balaban J connectivity index is 2.54. The Labute approximate surface area is 133 Å². The number of rotatable bonds is 9. The normalized spacial score (nSPS) is 12.5. The van der Waals surface area contributed by atoms with Crippen molar-refractivity contribution in [2.45, 2.75) is 45.0 Å². The summed E-state index contributed by atoms with van der Waals surface area (Å²) in [6.07, 6.45) is 6.42. The molecule has 4 nitrogen and oxygen atoms in total. The number of carbonyl (C=O) groups is 1. The highest BCUT2D eigenvalue weighted by atomic mass is 28.4. The summed E-state index contributed by atoms with van der Waals surface area (Å²) in [5.74, 6) is 2.56. The smallest absolute Gasteiger partial charge is 0.303 e. The maximum absolute atomic E-state index is 10.7. The fourth-order valence-electron chi connectivity index (χ4n) is 1.97. The molecule has 1 rings (SSSR count). The summed E-state index contributed by atoms with van der Waals surface area (Å²) in [6, 6.07) is 7.48. The van der Waals surface area contributed by atoms with Crippen LogP contribution in [0.5, 0.6) is 5.75 Å². The first-order valence-corrected chi connectivity index (χ1v) is 10.8. The Morgan fingerprint density at radius 1 is 1.36 bits per heavy atom. The monoisotopic (exact) mass is 320 g/mol. The molecular formula is C17H24O4Si. The van der Waals surface area contributed by atoms with Gasteiger partial charge in [-0.2, -0.15) is 0 Å². The number of ether oxygens (including phenoxy) is 1. The van der Waals surface area contributed by atoms with Gasteiger partial charge in [0.1, 0.15) is 11.9 Å². The molecule has 1 N–H and O–H groups in total. The van der Waals surface area contributed by atoms with E-state index in [1.165, 1.54) is 0 Å². The number of carboxylic acid groups (broad SMARTS) is 1. The molecule has 0 amide bonds. The molecule has 0 bridgehead atoms. The second-order valence-corrected chi connectivity index (χ2v) is 10.5. The average molecular weight is 320 g/mol. The summed E-state index contributed by atoms with van der Waals surface area (Å²) in [4.78, 5) is 10.7. The Morgan fingerprint density at radius 3 is 2.64 bits per heavy atom. The number of carboxylic acids is 1. The first-order valence-electron chi connectivity index (χ1n) is 7.38. The zero-order valence-electron chi connectivity index (χ0n) is 13.5. The van der Waals surface area contributed by atoms with Crippen molar-refractivity contribution >= 4 is 14.3 Å². The van der Waals surface area contributed by atoms with Crippen molar-refractivity contribution in [3.05, 3.63) is 29.8 Å². The van der Waals surface area contributed by atoms with E-state index in [4.69, 9.17) is 20.7 Å². The number of hydrogen-bond acceptors (Lipinski definition) is 3. The summed E-state index contributed by atoms with van der Waals surface area (Å²) in [5, 5.41) is 8.78. The lowest BCUT2D eigenvalue weighted by Gasteiger charge is -2.22. The first-order chi connectivity index (χ1) is 10.3. The summed E-state index contributed by atoms with van der Waals surface area (Å²) < 4.78 is 11.6. The van der Waals surface area contributed by atoms with Crippen LogP contribution in [-0.2, 0) is 15.6 Å². The Morgan fingerprint density at radius 2 is 2.05 bits per heavy atom. The van der Waals surface area contributed by atoms with Gasteiger partial charge in [-0.25, -0.2) is 0 Å². The highest BCUT2D eigenvalue weighted by Gasteiger charge is 2.19. The lowest BCUT2D eigenvalue weighted by Crippen LogP contribution is -2.32. The Hall–Kier alpha value is -1.77. The van der Waals surface area contributed by atoms with Crippen molar-refractivity contribution in [2.75, 3.05) is 6.61 Å². The van der Waals surface area contributed by atoms with Gasteiger partial charge in [0, 0.05) is 12.8 Å². The summed E-state index contributed by atoms with van der Waals surface area (Å²) >= 11 is 0. The van der Waals surface area contributed by atoms with Crippen LogP contribution < -0.4 is 4.74 Å². The van der Waals surface area contributed by atoms with Crippen LogP contribution in [0.2, 0.25) is 19.6 Å². The molecule has 0 aliphatic carbocycles. The van der Waals surface area contributed by atoms with Gasteiger partial charge in [0.15, 0.2) is 8.32 Å². The molecule has 1 atom stereocenters. The van der Waals surface area contributed by atoms with E-state index in [0.717, 1.165) is 5.56 Å². The van der Waals surface area contributed by atoms with Crippen LogP contribution >= 0.6 is 0 Å². The van der Waals surface area contributed by atoms with Gasteiger partial charge in [-0.1, -0.05) is 24.1 Å². The van der Waals surface area contributed by atoms with Crippen LogP contribution in [0.3, 0.4) is 0 Å². The zero-order valence-corrected chi connectivity index (χ0v) is 14.5. The van der Waals surface area contributed by atoms with Gasteiger partial charge < -0.3 is 14.3 Å². The summed E-state index contributed by atoms with van der Waals surface area (Å²) in [5.41, 5.74) is 0.897. The second-order valence-electron chi connectivity index (χ2n) is 6.02. The molecule has 0 aromatic heterocycles. The quantitative estimate of drug-likeness (QED) is 0.560. The van der Waals surface area contributed by atoms with E-state index < -0.39 is 14.3 Å². The van der Waals surface area contributed by atoms with Crippen molar-refractivity contribution in [1.82, 2.24) is 0 Å². The SMILES string of the molecule is C#C[C@@H](CCOc1ccccc1CCC(=O)O)O[Si](C)(C)C. The van der Waals surface area contributed by atoms with Gasteiger partial charge in [-0.05, 0) is 37.7 Å².